The van der Waals surface area contributed by atoms with Gasteiger partial charge in [0, 0.05) is 13.1 Å². The fourth-order valence-electron chi connectivity index (χ4n) is 4.86. The van der Waals surface area contributed by atoms with Crippen molar-refractivity contribution in [2.75, 3.05) is 6.54 Å². The lowest BCUT2D eigenvalue weighted by atomic mass is 9.85. The fourth-order valence-corrected chi connectivity index (χ4v) is 5.85. The highest BCUT2D eigenvalue weighted by Gasteiger charge is 2.53. The summed E-state index contributed by atoms with van der Waals surface area (Å²) in [7, 11) is 0. The van der Waals surface area contributed by atoms with E-state index in [1.54, 1.807) is 16.7 Å². The van der Waals surface area contributed by atoms with Crippen LogP contribution in [0, 0.1) is 12.3 Å². The highest BCUT2D eigenvalue weighted by molar-refractivity contribution is 8.12. The lowest BCUT2D eigenvalue weighted by molar-refractivity contribution is -0.144. The molecule has 7 nitrogen and oxygen atoms in total. The maximum atomic E-state index is 14.3. The maximum absolute atomic E-state index is 14.3. The number of alkyl halides is 1. The standard InChI is InChI=1S/C27H37FN4O3S/c1-16-13-18(21-17(2)30-15-36-21)8-9-19(16)14-29-23(33)20-7-6-12-32(20)24(34)22(26(3,4)5)31-25(35)27(28)10-11-27/h8-9,13,15,17,20-22H,6-7,10-12,14H2,1-5H3,(H,29,33)(H,31,35)/t17?,20-,21?,22+/m0/s1. The molecule has 1 saturated carbocycles. The second-order valence-electron chi connectivity index (χ2n) is 11.4. The molecule has 0 spiro atoms. The Morgan fingerprint density at radius 3 is 2.58 bits per heavy atom. The number of nitrogens with one attached hydrogen (secondary N) is 2. The molecule has 3 aliphatic rings. The number of halogens is 1. The van der Waals surface area contributed by atoms with E-state index >= 15 is 0 Å². The van der Waals surface area contributed by atoms with E-state index < -0.39 is 29.1 Å². The van der Waals surface area contributed by atoms with Crippen LogP contribution in [-0.4, -0.2) is 58.5 Å². The van der Waals surface area contributed by atoms with Gasteiger partial charge in [-0.05, 0) is 61.6 Å². The van der Waals surface area contributed by atoms with E-state index in [4.69, 9.17) is 0 Å². The summed E-state index contributed by atoms with van der Waals surface area (Å²) >= 11 is 1.72. The molecule has 4 atom stereocenters. The normalized spacial score (nSPS) is 25.5. The van der Waals surface area contributed by atoms with E-state index in [-0.39, 0.29) is 30.7 Å². The number of carbonyl (C=O) groups excluding carboxylic acids is 3. The van der Waals surface area contributed by atoms with Crippen molar-refractivity contribution in [1.29, 1.82) is 0 Å². The third-order valence-electron chi connectivity index (χ3n) is 7.41. The summed E-state index contributed by atoms with van der Waals surface area (Å²) < 4.78 is 14.3. The third-order valence-corrected chi connectivity index (χ3v) is 8.62. The minimum absolute atomic E-state index is 0.186. The second-order valence-corrected chi connectivity index (χ2v) is 12.4. The van der Waals surface area contributed by atoms with Crippen LogP contribution in [0.15, 0.2) is 23.2 Å². The number of hydrogen-bond acceptors (Lipinski definition) is 5. The number of hydrogen-bond donors (Lipinski definition) is 2. The number of benzene rings is 1. The molecule has 1 aromatic carbocycles. The molecule has 2 fully saturated rings. The van der Waals surface area contributed by atoms with Crippen LogP contribution in [0.4, 0.5) is 4.39 Å². The van der Waals surface area contributed by atoms with E-state index in [1.807, 2.05) is 39.3 Å². The van der Waals surface area contributed by atoms with Crippen molar-refractivity contribution in [2.24, 2.45) is 10.4 Å². The molecule has 2 heterocycles. The van der Waals surface area contributed by atoms with Crippen LogP contribution in [-0.2, 0) is 20.9 Å². The molecular weight excluding hydrogens is 479 g/mol. The average molecular weight is 517 g/mol. The minimum Gasteiger partial charge on any atom is -0.350 e. The number of likely N-dealkylation sites (tertiary alicyclic amines) is 1. The van der Waals surface area contributed by atoms with Crippen LogP contribution in [0.2, 0.25) is 0 Å². The average Bonchev–Trinajstić information content (AvgIpc) is 3.20. The maximum Gasteiger partial charge on any atom is 0.258 e. The lowest BCUT2D eigenvalue weighted by Gasteiger charge is -2.35. The van der Waals surface area contributed by atoms with Crippen molar-refractivity contribution < 1.29 is 18.8 Å². The Morgan fingerprint density at radius 1 is 1.28 bits per heavy atom. The Bertz CT molecular complexity index is 1070. The number of aliphatic imine (C=N–C) groups is 1. The summed E-state index contributed by atoms with van der Waals surface area (Å²) in [6.45, 7) is 10.5. The SMILES string of the molecule is Cc1cc(C2SC=NC2C)ccc1CNC(=O)[C@@H]1CCCN1C(=O)[C@@H](NC(=O)C1(F)CC1)C(C)(C)C. The van der Waals surface area contributed by atoms with E-state index in [9.17, 15) is 18.8 Å². The summed E-state index contributed by atoms with van der Waals surface area (Å²) in [5.74, 6) is -1.27. The largest absolute Gasteiger partial charge is 0.350 e. The van der Waals surface area contributed by atoms with Crippen molar-refractivity contribution in [3.8, 4) is 0 Å². The first-order chi connectivity index (χ1) is 16.9. The van der Waals surface area contributed by atoms with E-state index in [1.165, 1.54) is 5.56 Å². The highest BCUT2D eigenvalue weighted by atomic mass is 32.2. The number of nitrogens with zero attached hydrogens (tertiary/aromatic N) is 2. The van der Waals surface area contributed by atoms with Gasteiger partial charge in [0.15, 0.2) is 5.67 Å². The molecule has 3 amide bonds. The van der Waals surface area contributed by atoms with Crippen LogP contribution < -0.4 is 10.6 Å². The van der Waals surface area contributed by atoms with Gasteiger partial charge in [-0.3, -0.25) is 19.4 Å². The first-order valence-electron chi connectivity index (χ1n) is 12.8. The van der Waals surface area contributed by atoms with Crippen LogP contribution in [0.3, 0.4) is 0 Å². The van der Waals surface area contributed by atoms with Crippen LogP contribution in [0.1, 0.15) is 75.3 Å². The summed E-state index contributed by atoms with van der Waals surface area (Å²) in [6.07, 6.45) is 1.63. The first-order valence-corrected chi connectivity index (χ1v) is 13.7. The summed E-state index contributed by atoms with van der Waals surface area (Å²) in [6, 6.07) is 5.03. The van der Waals surface area contributed by atoms with Gasteiger partial charge in [0.1, 0.15) is 12.1 Å². The number of rotatable bonds is 7. The lowest BCUT2D eigenvalue weighted by Crippen LogP contribution is -2.58. The monoisotopic (exact) mass is 516 g/mol. The topological polar surface area (TPSA) is 90.9 Å². The van der Waals surface area contributed by atoms with Crippen molar-refractivity contribution in [3.05, 3.63) is 34.9 Å². The Balaban J connectivity index is 1.39. The molecule has 1 aromatic rings. The van der Waals surface area contributed by atoms with Gasteiger partial charge in [-0.2, -0.15) is 0 Å². The molecule has 2 N–H and O–H groups in total. The van der Waals surface area contributed by atoms with Gasteiger partial charge in [-0.25, -0.2) is 4.39 Å². The molecule has 4 rings (SSSR count). The molecule has 196 valence electrons. The van der Waals surface area contributed by atoms with Gasteiger partial charge in [0.05, 0.1) is 16.8 Å². The molecule has 0 radical (unpaired) electrons. The fraction of sp³-hybridized carbons (Fsp3) is 0.630. The van der Waals surface area contributed by atoms with E-state index in [0.29, 0.717) is 31.2 Å². The van der Waals surface area contributed by atoms with Crippen LogP contribution >= 0.6 is 11.8 Å². The number of thioether (sulfide) groups is 1. The highest BCUT2D eigenvalue weighted by Crippen LogP contribution is 2.40. The Kier molecular flexibility index (Phi) is 7.51. The van der Waals surface area contributed by atoms with Crippen molar-refractivity contribution >= 4 is 35.0 Å². The van der Waals surface area contributed by atoms with E-state index in [0.717, 1.165) is 11.1 Å². The molecule has 0 aromatic heterocycles. The molecule has 2 aliphatic heterocycles. The zero-order chi connectivity index (χ0) is 26.3. The second kappa shape index (κ2) is 10.1. The zero-order valence-electron chi connectivity index (χ0n) is 21.8. The number of carbonyl (C=O) groups is 3. The van der Waals surface area contributed by atoms with Crippen LogP contribution in [0.5, 0.6) is 0 Å². The van der Waals surface area contributed by atoms with Gasteiger partial charge >= 0.3 is 0 Å². The molecule has 1 aliphatic carbocycles. The summed E-state index contributed by atoms with van der Waals surface area (Å²) in [5.41, 5.74) is 2.77. The van der Waals surface area contributed by atoms with Crippen molar-refractivity contribution in [1.82, 2.24) is 15.5 Å². The summed E-state index contributed by atoms with van der Waals surface area (Å²) in [5, 5.41) is 5.97. The Hall–Kier alpha value is -2.42. The Morgan fingerprint density at radius 2 is 2.00 bits per heavy atom. The molecule has 0 bridgehead atoms. The number of aryl methyl sites for hydroxylation is 1. The number of amides is 3. The van der Waals surface area contributed by atoms with Crippen molar-refractivity contribution in [2.45, 2.75) is 95.9 Å². The molecule has 1 saturated heterocycles. The van der Waals surface area contributed by atoms with Crippen molar-refractivity contribution in [3.63, 3.8) is 0 Å². The van der Waals surface area contributed by atoms with Gasteiger partial charge in [-0.15, -0.1) is 11.8 Å². The smallest absolute Gasteiger partial charge is 0.258 e. The molecule has 2 unspecified atom stereocenters. The first kappa shape index (κ1) is 26.6. The molecule has 36 heavy (non-hydrogen) atoms. The minimum atomic E-state index is -1.86. The predicted molar refractivity (Wildman–Crippen MR) is 141 cm³/mol. The van der Waals surface area contributed by atoms with Crippen LogP contribution in [0.25, 0.3) is 0 Å². The predicted octanol–water partition coefficient (Wildman–Crippen LogP) is 3.84. The molecular formula is C27H37FN4O3S. The van der Waals surface area contributed by atoms with E-state index in [2.05, 4.69) is 34.7 Å². The zero-order valence-corrected chi connectivity index (χ0v) is 22.6. The Labute approximate surface area is 217 Å². The molecule has 9 heteroatoms. The van der Waals surface area contributed by atoms with Gasteiger partial charge in [0.2, 0.25) is 11.8 Å². The van der Waals surface area contributed by atoms with Gasteiger partial charge in [-0.1, -0.05) is 39.0 Å². The summed E-state index contributed by atoms with van der Waals surface area (Å²) in [4.78, 5) is 45.0. The van der Waals surface area contributed by atoms with Gasteiger partial charge in [0.25, 0.3) is 5.91 Å². The quantitative estimate of drug-likeness (QED) is 0.576. The third kappa shape index (κ3) is 5.61. The van der Waals surface area contributed by atoms with Gasteiger partial charge < -0.3 is 15.5 Å².